The molecule has 1 aliphatic heterocycles. The van der Waals surface area contributed by atoms with Crippen molar-refractivity contribution in [2.45, 2.75) is 26.4 Å². The molecule has 0 aromatic carbocycles. The molecule has 1 aromatic rings. The minimum absolute atomic E-state index is 0.533. The smallest absolute Gasteiger partial charge is 0.119 e. The molecule has 76 valence electrons. The monoisotopic (exact) mass is 194 g/mol. The van der Waals surface area contributed by atoms with Crippen molar-refractivity contribution in [1.82, 2.24) is 4.98 Å². The van der Waals surface area contributed by atoms with Crippen LogP contribution in [0.2, 0.25) is 0 Å². The lowest BCUT2D eigenvalue weighted by atomic mass is 10.1. The molecule has 2 heterocycles. The summed E-state index contributed by atoms with van der Waals surface area (Å²) in [7, 11) is 0. The number of hydrogen-bond acceptors (Lipinski definition) is 2. The Balaban J connectivity index is 2.31. The standard InChI is InChI=1S/C11H15FN2/c1-8-5-13-6-9(2)11(8)14-4-3-10(12)7-14/h5-6,10H,3-4,7H2,1-2H3. The van der Waals surface area contributed by atoms with Crippen LogP contribution in [0.15, 0.2) is 12.4 Å². The van der Waals surface area contributed by atoms with Gasteiger partial charge in [0.15, 0.2) is 0 Å². The number of aryl methyl sites for hydroxylation is 2. The highest BCUT2D eigenvalue weighted by molar-refractivity contribution is 5.58. The molecule has 0 spiro atoms. The number of hydrogen-bond donors (Lipinski definition) is 0. The molecule has 14 heavy (non-hydrogen) atoms. The summed E-state index contributed by atoms with van der Waals surface area (Å²) in [6, 6.07) is 0. The van der Waals surface area contributed by atoms with Crippen LogP contribution in [0.5, 0.6) is 0 Å². The van der Waals surface area contributed by atoms with Gasteiger partial charge in [-0.25, -0.2) is 4.39 Å². The van der Waals surface area contributed by atoms with E-state index in [0.29, 0.717) is 13.0 Å². The van der Waals surface area contributed by atoms with Gasteiger partial charge in [0, 0.05) is 31.2 Å². The fourth-order valence-corrected chi connectivity index (χ4v) is 2.11. The Labute approximate surface area is 83.8 Å². The van der Waals surface area contributed by atoms with Crippen molar-refractivity contribution in [3.63, 3.8) is 0 Å². The van der Waals surface area contributed by atoms with Crippen LogP contribution in [0.1, 0.15) is 17.5 Å². The first kappa shape index (κ1) is 9.44. The molecule has 1 atom stereocenters. The first-order chi connectivity index (χ1) is 6.68. The maximum Gasteiger partial charge on any atom is 0.119 e. The fourth-order valence-electron chi connectivity index (χ4n) is 2.11. The molecule has 1 saturated heterocycles. The molecule has 0 bridgehead atoms. The van der Waals surface area contributed by atoms with Gasteiger partial charge in [-0.1, -0.05) is 0 Å². The zero-order valence-corrected chi connectivity index (χ0v) is 8.63. The number of anilines is 1. The van der Waals surface area contributed by atoms with Crippen molar-refractivity contribution in [2.24, 2.45) is 0 Å². The van der Waals surface area contributed by atoms with E-state index in [-0.39, 0.29) is 0 Å². The molecule has 0 aliphatic carbocycles. The predicted octanol–water partition coefficient (Wildman–Crippen LogP) is 2.25. The molecule has 1 aromatic heterocycles. The molecule has 1 fully saturated rings. The Hall–Kier alpha value is -1.12. The average Bonchev–Trinajstić information content (AvgIpc) is 2.51. The second-order valence-corrected chi connectivity index (χ2v) is 3.95. The largest absolute Gasteiger partial charge is 0.368 e. The van der Waals surface area contributed by atoms with Crippen LogP contribution >= 0.6 is 0 Å². The summed E-state index contributed by atoms with van der Waals surface area (Å²) >= 11 is 0. The van der Waals surface area contributed by atoms with E-state index in [2.05, 4.69) is 9.88 Å². The van der Waals surface area contributed by atoms with Gasteiger partial charge < -0.3 is 4.90 Å². The van der Waals surface area contributed by atoms with Gasteiger partial charge in [0.2, 0.25) is 0 Å². The summed E-state index contributed by atoms with van der Waals surface area (Å²) in [4.78, 5) is 6.24. The van der Waals surface area contributed by atoms with E-state index in [1.54, 1.807) is 0 Å². The molecule has 2 nitrogen and oxygen atoms in total. The molecular formula is C11H15FN2. The van der Waals surface area contributed by atoms with Crippen molar-refractivity contribution in [1.29, 1.82) is 0 Å². The highest BCUT2D eigenvalue weighted by Crippen LogP contribution is 2.27. The van der Waals surface area contributed by atoms with E-state index in [1.165, 1.54) is 5.69 Å². The SMILES string of the molecule is Cc1cncc(C)c1N1CCC(F)C1. The summed E-state index contributed by atoms with van der Waals surface area (Å²) < 4.78 is 13.1. The van der Waals surface area contributed by atoms with Crippen molar-refractivity contribution in [3.8, 4) is 0 Å². The minimum Gasteiger partial charge on any atom is -0.368 e. The number of alkyl halides is 1. The highest BCUT2D eigenvalue weighted by Gasteiger charge is 2.23. The third-order valence-electron chi connectivity index (χ3n) is 2.73. The van der Waals surface area contributed by atoms with Crippen LogP contribution in [0.25, 0.3) is 0 Å². The lowest BCUT2D eigenvalue weighted by Crippen LogP contribution is -2.22. The van der Waals surface area contributed by atoms with Crippen LogP contribution in [0, 0.1) is 13.8 Å². The summed E-state index contributed by atoms with van der Waals surface area (Å²) in [5.74, 6) is 0. The fraction of sp³-hybridized carbons (Fsp3) is 0.545. The van der Waals surface area contributed by atoms with E-state index in [4.69, 9.17) is 0 Å². The highest BCUT2D eigenvalue weighted by atomic mass is 19.1. The third kappa shape index (κ3) is 1.59. The Morgan fingerprint density at radius 1 is 1.36 bits per heavy atom. The third-order valence-corrected chi connectivity index (χ3v) is 2.73. The summed E-state index contributed by atoms with van der Waals surface area (Å²) in [6.45, 7) is 5.42. The molecule has 3 heteroatoms. The molecule has 0 N–H and O–H groups in total. The zero-order chi connectivity index (χ0) is 10.1. The van der Waals surface area contributed by atoms with Gasteiger partial charge in [0.1, 0.15) is 6.17 Å². The zero-order valence-electron chi connectivity index (χ0n) is 8.63. The normalized spacial score (nSPS) is 21.6. The van der Waals surface area contributed by atoms with Gasteiger partial charge in [0.05, 0.1) is 0 Å². The van der Waals surface area contributed by atoms with Crippen molar-refractivity contribution in [3.05, 3.63) is 23.5 Å². The summed E-state index contributed by atoms with van der Waals surface area (Å²) in [6.07, 6.45) is 3.67. The van der Waals surface area contributed by atoms with Gasteiger partial charge in [-0.05, 0) is 31.4 Å². The van der Waals surface area contributed by atoms with Crippen LogP contribution in [-0.4, -0.2) is 24.2 Å². The minimum atomic E-state index is -0.665. The van der Waals surface area contributed by atoms with Crippen LogP contribution < -0.4 is 4.90 Å². The Bertz CT molecular complexity index is 318. The lowest BCUT2D eigenvalue weighted by Gasteiger charge is -2.21. The van der Waals surface area contributed by atoms with E-state index >= 15 is 0 Å². The van der Waals surface area contributed by atoms with Gasteiger partial charge in [-0.3, -0.25) is 4.98 Å². The average molecular weight is 194 g/mol. The molecular weight excluding hydrogens is 179 g/mol. The molecule has 1 aliphatic rings. The second-order valence-electron chi connectivity index (χ2n) is 3.95. The molecule has 1 unspecified atom stereocenters. The number of halogens is 1. The number of nitrogens with zero attached hydrogens (tertiary/aromatic N) is 2. The van der Waals surface area contributed by atoms with Crippen molar-refractivity contribution < 1.29 is 4.39 Å². The van der Waals surface area contributed by atoms with Crippen molar-refractivity contribution >= 4 is 5.69 Å². The van der Waals surface area contributed by atoms with E-state index in [0.717, 1.165) is 17.7 Å². The van der Waals surface area contributed by atoms with Gasteiger partial charge >= 0.3 is 0 Å². The maximum absolute atomic E-state index is 13.1. The van der Waals surface area contributed by atoms with E-state index in [9.17, 15) is 4.39 Å². The second kappa shape index (κ2) is 3.56. The van der Waals surface area contributed by atoms with E-state index < -0.39 is 6.17 Å². The molecule has 0 radical (unpaired) electrons. The Morgan fingerprint density at radius 2 is 2.00 bits per heavy atom. The topological polar surface area (TPSA) is 16.1 Å². The van der Waals surface area contributed by atoms with Gasteiger partial charge in [-0.15, -0.1) is 0 Å². The maximum atomic E-state index is 13.1. The first-order valence-electron chi connectivity index (χ1n) is 4.98. The molecule has 0 saturated carbocycles. The van der Waals surface area contributed by atoms with Gasteiger partial charge in [0.25, 0.3) is 0 Å². The summed E-state index contributed by atoms with van der Waals surface area (Å²) in [5, 5.41) is 0. The predicted molar refractivity (Wildman–Crippen MR) is 55.4 cm³/mol. The van der Waals surface area contributed by atoms with Crippen LogP contribution in [0.3, 0.4) is 0 Å². The number of rotatable bonds is 1. The first-order valence-corrected chi connectivity index (χ1v) is 4.98. The molecule has 0 amide bonds. The van der Waals surface area contributed by atoms with Crippen molar-refractivity contribution in [2.75, 3.05) is 18.0 Å². The number of aromatic nitrogens is 1. The van der Waals surface area contributed by atoms with E-state index in [1.807, 2.05) is 26.2 Å². The molecule has 2 rings (SSSR count). The Morgan fingerprint density at radius 3 is 2.50 bits per heavy atom. The summed E-state index contributed by atoms with van der Waals surface area (Å²) in [5.41, 5.74) is 3.44. The van der Waals surface area contributed by atoms with Gasteiger partial charge in [-0.2, -0.15) is 0 Å². The van der Waals surface area contributed by atoms with Crippen LogP contribution in [-0.2, 0) is 0 Å². The number of pyridine rings is 1. The quantitative estimate of drug-likeness (QED) is 0.681. The Kier molecular flexibility index (Phi) is 2.40. The van der Waals surface area contributed by atoms with Crippen LogP contribution in [0.4, 0.5) is 10.1 Å². The lowest BCUT2D eigenvalue weighted by molar-refractivity contribution is 0.364.